The van der Waals surface area contributed by atoms with Crippen LogP contribution in [0.5, 0.6) is 5.75 Å². The average Bonchev–Trinajstić information content (AvgIpc) is 3.02. The lowest BCUT2D eigenvalue weighted by Gasteiger charge is -2.27. The fourth-order valence-corrected chi connectivity index (χ4v) is 4.96. The van der Waals surface area contributed by atoms with Crippen LogP contribution in [0.15, 0.2) is 52.2 Å². The lowest BCUT2D eigenvalue weighted by Crippen LogP contribution is -2.43. The highest BCUT2D eigenvalue weighted by atomic mass is 31.2. The minimum Gasteiger partial charge on any atom is -0.413 e. The van der Waals surface area contributed by atoms with E-state index in [4.69, 9.17) is 23.4 Å². The number of rotatable bonds is 9. The molecule has 0 bridgehead atoms. The Morgan fingerprint density at radius 3 is 2.42 bits per heavy atom. The molecule has 1 saturated heterocycles. The van der Waals surface area contributed by atoms with E-state index in [0.717, 1.165) is 23.8 Å². The molecule has 3 rings (SSSR count). The number of nitrogens with zero attached hydrogens (tertiary/aromatic N) is 1. The third kappa shape index (κ3) is 7.30. The number of hydrogen-bond donors (Lipinski definition) is 3. The van der Waals surface area contributed by atoms with Crippen LogP contribution in [0, 0.1) is 5.92 Å². The van der Waals surface area contributed by atoms with E-state index in [1.54, 1.807) is 30.3 Å². The fraction of sp³-hybridized carbons (Fsp3) is 0.500. The summed E-state index contributed by atoms with van der Waals surface area (Å²) in [5.74, 6) is 0.394. The number of hydrogen-bond acceptors (Lipinski definition) is 9. The molecule has 2 heterocycles. The molecule has 1 aromatic heterocycles. The van der Waals surface area contributed by atoms with Crippen LogP contribution in [0.3, 0.4) is 0 Å². The van der Waals surface area contributed by atoms with Crippen LogP contribution in [-0.4, -0.2) is 51.3 Å². The van der Waals surface area contributed by atoms with Gasteiger partial charge in [-0.3, -0.25) is 18.9 Å². The number of para-hydroxylation sites is 1. The molecule has 1 aromatic carbocycles. The van der Waals surface area contributed by atoms with E-state index in [2.05, 4.69) is 5.09 Å². The smallest absolute Gasteiger partial charge is 0.413 e. The number of aromatic nitrogens is 2. The first-order valence-corrected chi connectivity index (χ1v) is 12.5. The molecule has 1 aliphatic rings. The summed E-state index contributed by atoms with van der Waals surface area (Å²) in [7, 11) is -3.96. The molecule has 0 aliphatic carbocycles. The molecule has 3 N–H and O–H groups in total. The normalized spacial score (nSPS) is 25.8. The third-order valence-corrected chi connectivity index (χ3v) is 7.22. The summed E-state index contributed by atoms with van der Waals surface area (Å²) < 4.78 is 46.4. The maximum atomic E-state index is 15.4. The maximum absolute atomic E-state index is 15.4. The summed E-state index contributed by atoms with van der Waals surface area (Å²) in [6.45, 7) is 6.24. The molecular formula is C22H29FN3O9P. The zero-order valence-corrected chi connectivity index (χ0v) is 21.0. The van der Waals surface area contributed by atoms with Crippen molar-refractivity contribution in [2.45, 2.75) is 57.8 Å². The summed E-state index contributed by atoms with van der Waals surface area (Å²) in [5, 5.41) is 13.4. The number of ether oxygens (including phenoxy) is 1. The van der Waals surface area contributed by atoms with Crippen LogP contribution in [0.4, 0.5) is 4.39 Å². The van der Waals surface area contributed by atoms with Gasteiger partial charge in [0.1, 0.15) is 18.0 Å². The number of alkyl halides is 1. The van der Waals surface area contributed by atoms with Gasteiger partial charge < -0.3 is 14.4 Å². The third-order valence-electron chi connectivity index (χ3n) is 5.56. The van der Waals surface area contributed by atoms with Crippen molar-refractivity contribution in [3.63, 3.8) is 0 Å². The molecular weight excluding hydrogens is 500 g/mol. The molecule has 2 aromatic rings. The molecule has 198 valence electrons. The summed E-state index contributed by atoms with van der Waals surface area (Å²) >= 11 is 0. The summed E-state index contributed by atoms with van der Waals surface area (Å²) in [6, 6.07) is 9.18. The zero-order chi connectivity index (χ0) is 27.1. The van der Waals surface area contributed by atoms with Crippen molar-refractivity contribution >= 4 is 13.9 Å². The van der Waals surface area contributed by atoms with Crippen LogP contribution in [0.25, 0.3) is 0 Å². The molecule has 14 heteroatoms. The molecule has 0 spiro atoms. The van der Waals surface area contributed by atoms with Crippen molar-refractivity contribution in [1.29, 1.82) is 0 Å². The second-order valence-corrected chi connectivity index (χ2v) is 10.3. The van der Waals surface area contributed by atoms with Crippen LogP contribution >= 0.6 is 7.75 Å². The van der Waals surface area contributed by atoms with Crippen LogP contribution in [0.1, 0.15) is 33.9 Å². The molecule has 0 radical (unpaired) electrons. The SMILES string of the molecule is CC(C)[C@H](C)NP(=O)(OC[C@H]1O[C@@H](n2ccc(=O)[nH]c2=O)[C@](C)(F)[C@H]1O)Oc1ccccc1.O=C=O. The van der Waals surface area contributed by atoms with Crippen LogP contribution in [-0.2, 0) is 23.4 Å². The minimum absolute atomic E-state index is 0.0974. The van der Waals surface area contributed by atoms with Gasteiger partial charge in [0, 0.05) is 18.3 Å². The molecule has 12 nitrogen and oxygen atoms in total. The van der Waals surface area contributed by atoms with Gasteiger partial charge in [0.25, 0.3) is 5.56 Å². The Bertz CT molecular complexity index is 1190. The molecule has 36 heavy (non-hydrogen) atoms. The lowest BCUT2D eigenvalue weighted by atomic mass is 9.98. The number of carbonyl (C=O) groups excluding carboxylic acids is 2. The van der Waals surface area contributed by atoms with Gasteiger partial charge >= 0.3 is 19.6 Å². The van der Waals surface area contributed by atoms with E-state index in [9.17, 15) is 19.3 Å². The average molecular weight is 529 g/mol. The fourth-order valence-electron chi connectivity index (χ4n) is 3.24. The van der Waals surface area contributed by atoms with Gasteiger partial charge in [-0.1, -0.05) is 32.0 Å². The van der Waals surface area contributed by atoms with Gasteiger partial charge in [-0.05, 0) is 31.9 Å². The predicted molar refractivity (Wildman–Crippen MR) is 124 cm³/mol. The molecule has 1 fully saturated rings. The standard InChI is InChI=1S/C21H29FN3O7P.CO2/c1-13(2)14(3)24-33(29,32-15-8-6-5-7-9-15)30-12-16-18(27)21(4,22)19(31-16)25-11-10-17(26)23-20(25)28;2-1-3/h5-11,13-14,16,18-19,27H,12H2,1-4H3,(H,24,29)(H,23,26,28);/t14-,16+,18-,19+,21+,33?;/m0./s1. The van der Waals surface area contributed by atoms with E-state index in [1.807, 2.05) is 25.8 Å². The van der Waals surface area contributed by atoms with Gasteiger partial charge in [-0.25, -0.2) is 18.8 Å². The summed E-state index contributed by atoms with van der Waals surface area (Å²) in [5.41, 5.74) is -3.95. The monoisotopic (exact) mass is 529 g/mol. The van der Waals surface area contributed by atoms with Gasteiger partial charge in [-0.15, -0.1) is 0 Å². The van der Waals surface area contributed by atoms with Crippen molar-refractivity contribution in [2.24, 2.45) is 5.92 Å². The van der Waals surface area contributed by atoms with E-state index < -0.39 is 49.7 Å². The number of halogens is 1. The van der Waals surface area contributed by atoms with Crippen LogP contribution < -0.4 is 20.9 Å². The lowest BCUT2D eigenvalue weighted by molar-refractivity contribution is -0.191. The Morgan fingerprint density at radius 2 is 1.86 bits per heavy atom. The van der Waals surface area contributed by atoms with Crippen molar-refractivity contribution in [2.75, 3.05) is 6.61 Å². The highest BCUT2D eigenvalue weighted by molar-refractivity contribution is 7.52. The molecule has 1 unspecified atom stereocenters. The maximum Gasteiger partial charge on any atom is 0.459 e. The number of H-pyrrole nitrogens is 1. The summed E-state index contributed by atoms with van der Waals surface area (Å²) in [4.78, 5) is 41.7. The van der Waals surface area contributed by atoms with Gasteiger partial charge in [-0.2, -0.15) is 9.59 Å². The Balaban J connectivity index is 0.00000145. The van der Waals surface area contributed by atoms with Crippen molar-refractivity contribution in [3.05, 3.63) is 63.4 Å². The Hall–Kier alpha value is -2.92. The topological polar surface area (TPSA) is 166 Å². The zero-order valence-electron chi connectivity index (χ0n) is 20.1. The second-order valence-electron chi connectivity index (χ2n) is 8.58. The first-order valence-electron chi connectivity index (χ1n) is 10.9. The quantitative estimate of drug-likeness (QED) is 0.408. The highest BCUT2D eigenvalue weighted by Crippen LogP contribution is 2.47. The van der Waals surface area contributed by atoms with Gasteiger partial charge in [0.05, 0.1) is 6.61 Å². The first-order chi connectivity index (χ1) is 16.8. The van der Waals surface area contributed by atoms with Crippen LogP contribution in [0.2, 0.25) is 0 Å². The number of aromatic amines is 1. The van der Waals surface area contributed by atoms with E-state index >= 15 is 4.39 Å². The molecule has 0 saturated carbocycles. The minimum atomic E-state index is -3.96. The van der Waals surface area contributed by atoms with Crippen molar-refractivity contribution < 1.29 is 37.4 Å². The number of aliphatic hydroxyl groups excluding tert-OH is 1. The predicted octanol–water partition coefficient (Wildman–Crippen LogP) is 1.78. The summed E-state index contributed by atoms with van der Waals surface area (Å²) in [6.07, 6.45) is -3.20. The Kier molecular flexibility index (Phi) is 10.1. The van der Waals surface area contributed by atoms with Crippen molar-refractivity contribution in [3.8, 4) is 5.75 Å². The first kappa shape index (κ1) is 29.3. The van der Waals surface area contributed by atoms with E-state index in [-0.39, 0.29) is 18.1 Å². The Morgan fingerprint density at radius 1 is 1.25 bits per heavy atom. The number of aliphatic hydroxyl groups is 1. The van der Waals surface area contributed by atoms with Gasteiger partial charge in [0.15, 0.2) is 11.9 Å². The Labute approximate surface area is 206 Å². The van der Waals surface area contributed by atoms with E-state index in [0.29, 0.717) is 5.75 Å². The molecule has 6 atom stereocenters. The van der Waals surface area contributed by atoms with Gasteiger partial charge in [0.2, 0.25) is 0 Å². The van der Waals surface area contributed by atoms with E-state index in [1.165, 1.54) is 0 Å². The second kappa shape index (κ2) is 12.4. The molecule has 1 aliphatic heterocycles. The number of benzene rings is 1. The highest BCUT2D eigenvalue weighted by Gasteiger charge is 2.55. The number of nitrogens with one attached hydrogen (secondary N) is 2. The largest absolute Gasteiger partial charge is 0.459 e. The van der Waals surface area contributed by atoms with Crippen molar-refractivity contribution in [1.82, 2.24) is 14.6 Å². The molecule has 0 amide bonds.